The minimum absolute atomic E-state index is 0.0299. The molecule has 19 heavy (non-hydrogen) atoms. The molecule has 0 aromatic heterocycles. The van der Waals surface area contributed by atoms with Crippen LogP contribution in [0.25, 0.3) is 0 Å². The molecule has 1 aromatic carbocycles. The van der Waals surface area contributed by atoms with Crippen LogP contribution < -0.4 is 5.32 Å². The Morgan fingerprint density at radius 1 is 1.32 bits per heavy atom. The number of rotatable bonds is 2. The van der Waals surface area contributed by atoms with Gasteiger partial charge in [0, 0.05) is 31.6 Å². The fraction of sp³-hybridized carbons (Fsp3) is 0.429. The van der Waals surface area contributed by atoms with Crippen LogP contribution in [0.1, 0.15) is 30.1 Å². The molecule has 0 atom stereocenters. The highest BCUT2D eigenvalue weighted by molar-refractivity contribution is 5.94. The lowest BCUT2D eigenvalue weighted by atomic mass is 10.0. The third kappa shape index (κ3) is 3.47. The van der Waals surface area contributed by atoms with Gasteiger partial charge in [0.15, 0.2) is 0 Å². The summed E-state index contributed by atoms with van der Waals surface area (Å²) in [5, 5.41) is 12.3. The molecule has 2 N–H and O–H groups in total. The van der Waals surface area contributed by atoms with Gasteiger partial charge in [-0.25, -0.2) is 0 Å². The van der Waals surface area contributed by atoms with Crippen LogP contribution in [0.4, 0.5) is 0 Å². The fourth-order valence-electron chi connectivity index (χ4n) is 2.34. The van der Waals surface area contributed by atoms with Crippen molar-refractivity contribution in [3.8, 4) is 5.75 Å². The fourth-order valence-corrected chi connectivity index (χ4v) is 2.34. The second kappa shape index (κ2) is 5.73. The number of hydrogen-bond donors (Lipinski definition) is 2. The highest BCUT2D eigenvalue weighted by Crippen LogP contribution is 2.17. The van der Waals surface area contributed by atoms with Crippen molar-refractivity contribution in [2.24, 2.45) is 0 Å². The maximum Gasteiger partial charge on any atom is 0.253 e. The minimum Gasteiger partial charge on any atom is -0.508 e. The molecule has 2 amide bonds. The van der Waals surface area contributed by atoms with Crippen molar-refractivity contribution in [3.63, 3.8) is 0 Å². The van der Waals surface area contributed by atoms with Gasteiger partial charge in [-0.05, 0) is 31.0 Å². The zero-order valence-corrected chi connectivity index (χ0v) is 10.9. The average Bonchev–Trinajstić information content (AvgIpc) is 2.38. The van der Waals surface area contributed by atoms with Crippen LogP contribution in [0.2, 0.25) is 0 Å². The standard InChI is InChI=1S/C14H18N2O3/c1-10(17)15-12-5-7-16(8-6-12)14(19)11-3-2-4-13(18)9-11/h2-4,9,12,18H,5-8H2,1H3,(H,15,17). The first-order valence-electron chi connectivity index (χ1n) is 6.41. The largest absolute Gasteiger partial charge is 0.508 e. The van der Waals surface area contributed by atoms with Crippen molar-refractivity contribution in [3.05, 3.63) is 29.8 Å². The summed E-state index contributed by atoms with van der Waals surface area (Å²) < 4.78 is 0. The summed E-state index contributed by atoms with van der Waals surface area (Å²) in [6, 6.07) is 6.53. The molecule has 5 heteroatoms. The third-order valence-electron chi connectivity index (χ3n) is 3.28. The summed E-state index contributed by atoms with van der Waals surface area (Å²) >= 11 is 0. The van der Waals surface area contributed by atoms with Gasteiger partial charge in [-0.3, -0.25) is 9.59 Å². The molecule has 1 saturated heterocycles. The lowest BCUT2D eigenvalue weighted by Gasteiger charge is -2.32. The Morgan fingerprint density at radius 3 is 2.58 bits per heavy atom. The second-order valence-corrected chi connectivity index (χ2v) is 4.82. The van der Waals surface area contributed by atoms with E-state index < -0.39 is 0 Å². The van der Waals surface area contributed by atoms with Gasteiger partial charge < -0.3 is 15.3 Å². The highest BCUT2D eigenvalue weighted by atomic mass is 16.3. The van der Waals surface area contributed by atoms with E-state index in [4.69, 9.17) is 0 Å². The maximum absolute atomic E-state index is 12.2. The van der Waals surface area contributed by atoms with Crippen molar-refractivity contribution in [2.45, 2.75) is 25.8 Å². The summed E-state index contributed by atoms with van der Waals surface area (Å²) in [4.78, 5) is 24.9. The van der Waals surface area contributed by atoms with Gasteiger partial charge in [0.1, 0.15) is 5.75 Å². The Kier molecular flexibility index (Phi) is 4.04. The Morgan fingerprint density at radius 2 is 2.00 bits per heavy atom. The van der Waals surface area contributed by atoms with Crippen LogP contribution in [0.5, 0.6) is 5.75 Å². The van der Waals surface area contributed by atoms with E-state index in [-0.39, 0.29) is 23.6 Å². The molecule has 2 rings (SSSR count). The predicted octanol–water partition coefficient (Wildman–Crippen LogP) is 1.13. The SMILES string of the molecule is CC(=O)NC1CCN(C(=O)c2cccc(O)c2)CC1. The van der Waals surface area contributed by atoms with Crippen LogP contribution >= 0.6 is 0 Å². The maximum atomic E-state index is 12.2. The summed E-state index contributed by atoms with van der Waals surface area (Å²) in [6.45, 7) is 2.75. The van der Waals surface area contributed by atoms with Crippen LogP contribution in [-0.2, 0) is 4.79 Å². The Labute approximate surface area is 112 Å². The molecular weight excluding hydrogens is 244 g/mol. The normalized spacial score (nSPS) is 16.2. The molecule has 0 spiro atoms. The number of nitrogens with zero attached hydrogens (tertiary/aromatic N) is 1. The Hall–Kier alpha value is -2.04. The lowest BCUT2D eigenvalue weighted by molar-refractivity contribution is -0.119. The molecule has 1 fully saturated rings. The highest BCUT2D eigenvalue weighted by Gasteiger charge is 2.23. The number of phenols is 1. The van der Waals surface area contributed by atoms with Gasteiger partial charge in [-0.15, -0.1) is 0 Å². The van der Waals surface area contributed by atoms with Crippen LogP contribution in [0.3, 0.4) is 0 Å². The monoisotopic (exact) mass is 262 g/mol. The van der Waals surface area contributed by atoms with E-state index >= 15 is 0 Å². The summed E-state index contributed by atoms with van der Waals surface area (Å²) in [5.74, 6) is -0.00563. The van der Waals surface area contributed by atoms with Crippen molar-refractivity contribution in [2.75, 3.05) is 13.1 Å². The number of carbonyl (C=O) groups is 2. The molecule has 1 heterocycles. The van der Waals surface area contributed by atoms with E-state index in [1.54, 1.807) is 23.1 Å². The van der Waals surface area contributed by atoms with Crippen molar-refractivity contribution in [1.82, 2.24) is 10.2 Å². The molecule has 0 unspecified atom stereocenters. The molecule has 0 radical (unpaired) electrons. The van der Waals surface area contributed by atoms with E-state index in [0.29, 0.717) is 18.7 Å². The average molecular weight is 262 g/mol. The minimum atomic E-state index is -0.0721. The van der Waals surface area contributed by atoms with Crippen molar-refractivity contribution in [1.29, 1.82) is 0 Å². The number of benzene rings is 1. The Balaban J connectivity index is 1.94. The van der Waals surface area contributed by atoms with E-state index in [2.05, 4.69) is 5.32 Å². The number of hydrogen-bond acceptors (Lipinski definition) is 3. The second-order valence-electron chi connectivity index (χ2n) is 4.82. The van der Waals surface area contributed by atoms with Gasteiger partial charge >= 0.3 is 0 Å². The third-order valence-corrected chi connectivity index (χ3v) is 3.28. The van der Waals surface area contributed by atoms with Crippen LogP contribution in [0, 0.1) is 0 Å². The van der Waals surface area contributed by atoms with Crippen LogP contribution in [-0.4, -0.2) is 41.0 Å². The molecule has 5 nitrogen and oxygen atoms in total. The molecule has 0 bridgehead atoms. The van der Waals surface area contributed by atoms with Crippen LogP contribution in [0.15, 0.2) is 24.3 Å². The van der Waals surface area contributed by atoms with Crippen molar-refractivity contribution < 1.29 is 14.7 Å². The van der Waals surface area contributed by atoms with Gasteiger partial charge in [-0.2, -0.15) is 0 Å². The first-order chi connectivity index (χ1) is 9.06. The smallest absolute Gasteiger partial charge is 0.253 e. The van der Waals surface area contributed by atoms with Gasteiger partial charge in [0.05, 0.1) is 0 Å². The molecule has 0 aliphatic carbocycles. The predicted molar refractivity (Wildman–Crippen MR) is 70.8 cm³/mol. The number of amides is 2. The van der Waals surface area contributed by atoms with E-state index in [1.165, 1.54) is 13.0 Å². The van der Waals surface area contributed by atoms with Gasteiger partial charge in [0.25, 0.3) is 5.91 Å². The molecule has 102 valence electrons. The van der Waals surface area contributed by atoms with Gasteiger partial charge in [0.2, 0.25) is 5.91 Å². The first-order valence-corrected chi connectivity index (χ1v) is 6.41. The van der Waals surface area contributed by atoms with E-state index in [1.807, 2.05) is 0 Å². The first kappa shape index (κ1) is 13.4. The van der Waals surface area contributed by atoms with E-state index in [9.17, 15) is 14.7 Å². The molecule has 0 saturated carbocycles. The number of piperidine rings is 1. The van der Waals surface area contributed by atoms with Crippen molar-refractivity contribution >= 4 is 11.8 Å². The summed E-state index contributed by atoms with van der Waals surface area (Å²) in [5.41, 5.74) is 0.498. The zero-order valence-electron chi connectivity index (χ0n) is 10.9. The Bertz CT molecular complexity index is 479. The molecular formula is C14H18N2O3. The molecule has 1 aliphatic rings. The summed E-state index contributed by atoms with van der Waals surface area (Å²) in [7, 11) is 0. The number of aromatic hydroxyl groups is 1. The lowest BCUT2D eigenvalue weighted by Crippen LogP contribution is -2.46. The number of phenolic OH excluding ortho intramolecular Hbond substituents is 1. The number of carbonyl (C=O) groups excluding carboxylic acids is 2. The summed E-state index contributed by atoms with van der Waals surface area (Å²) in [6.07, 6.45) is 1.54. The molecule has 1 aliphatic heterocycles. The topological polar surface area (TPSA) is 69.6 Å². The number of likely N-dealkylation sites (tertiary alicyclic amines) is 1. The number of nitrogens with one attached hydrogen (secondary N) is 1. The molecule has 1 aromatic rings. The quantitative estimate of drug-likeness (QED) is 0.839. The van der Waals surface area contributed by atoms with E-state index in [0.717, 1.165) is 12.8 Å². The zero-order chi connectivity index (χ0) is 13.8. The van der Waals surface area contributed by atoms with Gasteiger partial charge in [-0.1, -0.05) is 6.07 Å².